The second-order valence-corrected chi connectivity index (χ2v) is 5.69. The third-order valence-electron chi connectivity index (χ3n) is 3.23. The zero-order valence-electron chi connectivity index (χ0n) is 14.4. The van der Waals surface area contributed by atoms with Crippen LogP contribution in [-0.4, -0.2) is 28.5 Å². The van der Waals surface area contributed by atoms with E-state index >= 15 is 0 Å². The molecular weight excluding hydrogens is 304 g/mol. The van der Waals surface area contributed by atoms with Gasteiger partial charge in [0.15, 0.2) is 0 Å². The van der Waals surface area contributed by atoms with Crippen LogP contribution in [0, 0.1) is 0 Å². The Morgan fingerprint density at radius 2 is 1.92 bits per heavy atom. The first kappa shape index (κ1) is 17.7. The molecule has 128 valence electrons. The zero-order chi connectivity index (χ0) is 17.4. The second kappa shape index (κ2) is 8.86. The summed E-state index contributed by atoms with van der Waals surface area (Å²) in [6.45, 7) is 6.68. The number of nitrogens with one attached hydrogen (secondary N) is 2. The van der Waals surface area contributed by atoms with Crippen LogP contribution in [0.15, 0.2) is 36.7 Å². The van der Waals surface area contributed by atoms with Crippen molar-refractivity contribution in [3.63, 3.8) is 0 Å². The van der Waals surface area contributed by atoms with Crippen molar-refractivity contribution in [2.24, 2.45) is 0 Å². The molecule has 1 aromatic heterocycles. The summed E-state index contributed by atoms with van der Waals surface area (Å²) in [5.74, 6) is 0.996. The van der Waals surface area contributed by atoms with Gasteiger partial charge in [-0.3, -0.25) is 4.79 Å². The predicted octanol–water partition coefficient (Wildman–Crippen LogP) is 3.54. The van der Waals surface area contributed by atoms with Crippen molar-refractivity contribution >= 4 is 17.5 Å². The van der Waals surface area contributed by atoms with Gasteiger partial charge < -0.3 is 15.4 Å². The lowest BCUT2D eigenvalue weighted by Gasteiger charge is -2.14. The van der Waals surface area contributed by atoms with E-state index in [0.29, 0.717) is 18.1 Å². The summed E-state index contributed by atoms with van der Waals surface area (Å²) in [4.78, 5) is 20.3. The summed E-state index contributed by atoms with van der Waals surface area (Å²) in [5, 5.41) is 5.96. The third kappa shape index (κ3) is 5.22. The van der Waals surface area contributed by atoms with E-state index in [9.17, 15) is 4.79 Å². The first-order valence-electron chi connectivity index (χ1n) is 8.23. The minimum atomic E-state index is -0.154. The van der Waals surface area contributed by atoms with Crippen molar-refractivity contribution in [1.82, 2.24) is 15.3 Å². The quantitative estimate of drug-likeness (QED) is 0.725. The number of unbranched alkanes of at least 4 members (excludes halogenated alkanes) is 1. The predicted molar refractivity (Wildman–Crippen MR) is 94.8 cm³/mol. The minimum Gasteiger partial charge on any atom is -0.489 e. The maximum atomic E-state index is 11.9. The summed E-state index contributed by atoms with van der Waals surface area (Å²) >= 11 is 0. The maximum absolute atomic E-state index is 11.9. The molecule has 0 aliphatic carbocycles. The number of nitrogens with zero attached hydrogens (tertiary/aromatic N) is 2. The van der Waals surface area contributed by atoms with Gasteiger partial charge in [0.1, 0.15) is 5.75 Å². The highest BCUT2D eigenvalue weighted by molar-refractivity contribution is 5.93. The first-order valence-corrected chi connectivity index (χ1v) is 8.23. The van der Waals surface area contributed by atoms with Gasteiger partial charge in [0.05, 0.1) is 17.4 Å². The van der Waals surface area contributed by atoms with E-state index < -0.39 is 0 Å². The number of rotatable bonds is 8. The Morgan fingerprint density at radius 3 is 2.58 bits per heavy atom. The Bertz CT molecular complexity index is 656. The molecule has 6 nitrogen and oxygen atoms in total. The number of para-hydroxylation sites is 2. The van der Waals surface area contributed by atoms with Crippen LogP contribution in [0.1, 0.15) is 44.0 Å². The normalized spacial score (nSPS) is 10.5. The number of benzene rings is 1. The second-order valence-electron chi connectivity index (χ2n) is 5.69. The summed E-state index contributed by atoms with van der Waals surface area (Å²) in [5.41, 5.74) is 1.23. The van der Waals surface area contributed by atoms with E-state index in [1.54, 1.807) is 0 Å². The highest BCUT2D eigenvalue weighted by Crippen LogP contribution is 2.26. The molecular formula is C18H24N4O2. The average Bonchev–Trinajstić information content (AvgIpc) is 2.57. The molecule has 0 unspecified atom stereocenters. The van der Waals surface area contributed by atoms with Crippen molar-refractivity contribution in [2.45, 2.75) is 39.7 Å². The molecule has 0 saturated heterocycles. The van der Waals surface area contributed by atoms with Crippen LogP contribution >= 0.6 is 0 Å². The van der Waals surface area contributed by atoms with Gasteiger partial charge in [-0.05, 0) is 32.4 Å². The van der Waals surface area contributed by atoms with Gasteiger partial charge in [-0.15, -0.1) is 0 Å². The van der Waals surface area contributed by atoms with E-state index in [4.69, 9.17) is 4.74 Å². The third-order valence-corrected chi connectivity index (χ3v) is 3.23. The molecule has 2 aromatic rings. The molecule has 2 rings (SSSR count). The molecule has 1 aromatic carbocycles. The molecule has 1 amide bonds. The van der Waals surface area contributed by atoms with E-state index in [0.717, 1.165) is 24.3 Å². The van der Waals surface area contributed by atoms with Crippen molar-refractivity contribution in [1.29, 1.82) is 0 Å². The molecule has 0 bridgehead atoms. The number of anilines is 2. The number of carbonyl (C=O) groups is 1. The summed E-state index contributed by atoms with van der Waals surface area (Å²) in [6.07, 6.45) is 5.10. The monoisotopic (exact) mass is 328 g/mol. The van der Waals surface area contributed by atoms with Crippen LogP contribution in [0.3, 0.4) is 0 Å². The van der Waals surface area contributed by atoms with Crippen LogP contribution in [0.5, 0.6) is 5.75 Å². The number of amides is 1. The number of hydrogen-bond donors (Lipinski definition) is 2. The molecule has 24 heavy (non-hydrogen) atoms. The average molecular weight is 328 g/mol. The first-order chi connectivity index (χ1) is 11.6. The number of aromatic nitrogens is 2. The van der Waals surface area contributed by atoms with Gasteiger partial charge in [0, 0.05) is 18.9 Å². The Labute approximate surface area is 142 Å². The Balaban J connectivity index is 2.03. The number of hydrogen-bond acceptors (Lipinski definition) is 5. The summed E-state index contributed by atoms with van der Waals surface area (Å²) < 4.78 is 5.75. The fraction of sp³-hybridized carbons (Fsp3) is 0.389. The largest absolute Gasteiger partial charge is 0.489 e. The van der Waals surface area contributed by atoms with Gasteiger partial charge in [0.25, 0.3) is 5.91 Å². The SMILES string of the molecule is CCCCNC(=O)c1cnc(Nc2ccccc2OC(C)C)nc1. The highest BCUT2D eigenvalue weighted by Gasteiger charge is 2.09. The van der Waals surface area contributed by atoms with Crippen LogP contribution in [0.4, 0.5) is 11.6 Å². The summed E-state index contributed by atoms with van der Waals surface area (Å²) in [7, 11) is 0. The highest BCUT2D eigenvalue weighted by atomic mass is 16.5. The fourth-order valence-corrected chi connectivity index (χ4v) is 2.04. The topological polar surface area (TPSA) is 76.1 Å². The lowest BCUT2D eigenvalue weighted by atomic mass is 10.3. The Morgan fingerprint density at radius 1 is 1.21 bits per heavy atom. The van der Waals surface area contributed by atoms with Gasteiger partial charge >= 0.3 is 0 Å². The van der Waals surface area contributed by atoms with Gasteiger partial charge in [-0.2, -0.15) is 0 Å². The molecule has 0 saturated carbocycles. The van der Waals surface area contributed by atoms with Crippen LogP contribution in [0.25, 0.3) is 0 Å². The molecule has 0 atom stereocenters. The van der Waals surface area contributed by atoms with Gasteiger partial charge in [0.2, 0.25) is 5.95 Å². The molecule has 1 heterocycles. The lowest BCUT2D eigenvalue weighted by molar-refractivity contribution is 0.0952. The molecule has 6 heteroatoms. The molecule has 0 aliphatic heterocycles. The fourth-order valence-electron chi connectivity index (χ4n) is 2.04. The number of ether oxygens (including phenoxy) is 1. The summed E-state index contributed by atoms with van der Waals surface area (Å²) in [6, 6.07) is 7.60. The Hall–Kier alpha value is -2.63. The van der Waals surface area contributed by atoms with Gasteiger partial charge in [-0.25, -0.2) is 9.97 Å². The molecule has 0 spiro atoms. The van der Waals surface area contributed by atoms with Crippen LogP contribution < -0.4 is 15.4 Å². The Kier molecular flexibility index (Phi) is 6.54. The standard InChI is InChI=1S/C18H24N4O2/c1-4-5-10-19-17(23)14-11-20-18(21-12-14)22-15-8-6-7-9-16(15)24-13(2)3/h6-9,11-13H,4-5,10H2,1-3H3,(H,19,23)(H,20,21,22). The van der Waals surface area contributed by atoms with Crippen molar-refractivity contribution in [3.05, 3.63) is 42.2 Å². The van der Waals surface area contributed by atoms with E-state index in [1.165, 1.54) is 12.4 Å². The van der Waals surface area contributed by atoms with Crippen molar-refractivity contribution < 1.29 is 9.53 Å². The van der Waals surface area contributed by atoms with Crippen molar-refractivity contribution in [3.8, 4) is 5.75 Å². The maximum Gasteiger partial charge on any atom is 0.254 e. The van der Waals surface area contributed by atoms with E-state index in [-0.39, 0.29) is 12.0 Å². The number of carbonyl (C=O) groups excluding carboxylic acids is 1. The van der Waals surface area contributed by atoms with Crippen molar-refractivity contribution in [2.75, 3.05) is 11.9 Å². The smallest absolute Gasteiger partial charge is 0.254 e. The van der Waals surface area contributed by atoms with Crippen LogP contribution in [-0.2, 0) is 0 Å². The molecule has 2 N–H and O–H groups in total. The van der Waals surface area contributed by atoms with E-state index in [1.807, 2.05) is 38.1 Å². The van der Waals surface area contributed by atoms with Crippen LogP contribution in [0.2, 0.25) is 0 Å². The molecule has 0 fully saturated rings. The van der Waals surface area contributed by atoms with E-state index in [2.05, 4.69) is 27.5 Å². The zero-order valence-corrected chi connectivity index (χ0v) is 14.4. The molecule has 0 radical (unpaired) electrons. The molecule has 0 aliphatic rings. The van der Waals surface area contributed by atoms with Gasteiger partial charge in [-0.1, -0.05) is 25.5 Å². The minimum absolute atomic E-state index is 0.0723. The lowest BCUT2D eigenvalue weighted by Crippen LogP contribution is -2.24.